The van der Waals surface area contributed by atoms with E-state index in [2.05, 4.69) is 41.8 Å². The average Bonchev–Trinajstić information content (AvgIpc) is 3.04. The lowest BCUT2D eigenvalue weighted by Gasteiger charge is -2.37. The SMILES string of the molecule is COCCn1c(=O)n(CCN2CCN(c3cccc(C)c3C)CC2)c2ccccc21. The molecule has 0 aliphatic carbocycles. The van der Waals surface area contributed by atoms with Gasteiger partial charge in [0.2, 0.25) is 0 Å². The fourth-order valence-corrected chi connectivity index (χ4v) is 4.42. The number of hydrogen-bond donors (Lipinski definition) is 0. The van der Waals surface area contributed by atoms with Gasteiger partial charge in [0.1, 0.15) is 0 Å². The third-order valence-corrected chi connectivity index (χ3v) is 6.37. The monoisotopic (exact) mass is 408 g/mol. The first-order valence-corrected chi connectivity index (χ1v) is 10.8. The number of methoxy groups -OCH3 is 1. The Bertz CT molecular complexity index is 1060. The zero-order valence-electron chi connectivity index (χ0n) is 18.3. The maximum atomic E-state index is 13.0. The van der Waals surface area contributed by atoms with Crippen molar-refractivity contribution in [3.05, 3.63) is 64.1 Å². The van der Waals surface area contributed by atoms with Crippen molar-refractivity contribution in [2.75, 3.05) is 51.3 Å². The Kier molecular flexibility index (Phi) is 6.25. The second kappa shape index (κ2) is 9.06. The lowest BCUT2D eigenvalue weighted by Crippen LogP contribution is -2.47. The maximum Gasteiger partial charge on any atom is 0.329 e. The van der Waals surface area contributed by atoms with Crippen LogP contribution in [-0.4, -0.2) is 60.5 Å². The quantitative estimate of drug-likeness (QED) is 0.603. The van der Waals surface area contributed by atoms with Crippen LogP contribution in [0, 0.1) is 13.8 Å². The van der Waals surface area contributed by atoms with Gasteiger partial charge in [0.15, 0.2) is 0 Å². The van der Waals surface area contributed by atoms with Gasteiger partial charge in [0, 0.05) is 52.1 Å². The van der Waals surface area contributed by atoms with Crippen molar-refractivity contribution >= 4 is 16.7 Å². The summed E-state index contributed by atoms with van der Waals surface area (Å²) in [6, 6.07) is 14.6. The van der Waals surface area contributed by atoms with Crippen LogP contribution in [0.3, 0.4) is 0 Å². The summed E-state index contributed by atoms with van der Waals surface area (Å²) in [5, 5.41) is 0. The number of ether oxygens (including phenoxy) is 1. The summed E-state index contributed by atoms with van der Waals surface area (Å²) in [4.78, 5) is 18.0. The van der Waals surface area contributed by atoms with Crippen molar-refractivity contribution in [1.82, 2.24) is 14.0 Å². The van der Waals surface area contributed by atoms with Crippen LogP contribution in [0.1, 0.15) is 11.1 Å². The van der Waals surface area contributed by atoms with Crippen molar-refractivity contribution in [1.29, 1.82) is 0 Å². The minimum Gasteiger partial charge on any atom is -0.383 e. The molecule has 0 bridgehead atoms. The number of para-hydroxylation sites is 2. The molecule has 0 N–H and O–H groups in total. The van der Waals surface area contributed by atoms with E-state index in [1.807, 2.05) is 33.4 Å². The molecule has 0 saturated carbocycles. The zero-order valence-corrected chi connectivity index (χ0v) is 18.3. The summed E-state index contributed by atoms with van der Waals surface area (Å²) in [6.45, 7) is 11.2. The molecular weight excluding hydrogens is 376 g/mol. The van der Waals surface area contributed by atoms with Crippen LogP contribution in [-0.2, 0) is 17.8 Å². The number of imidazole rings is 1. The van der Waals surface area contributed by atoms with E-state index in [4.69, 9.17) is 4.74 Å². The molecule has 160 valence electrons. The molecule has 30 heavy (non-hydrogen) atoms. The Morgan fingerprint density at radius 1 is 0.833 bits per heavy atom. The van der Waals surface area contributed by atoms with Gasteiger partial charge in [-0.3, -0.25) is 14.0 Å². The number of hydrogen-bond acceptors (Lipinski definition) is 4. The molecule has 1 fully saturated rings. The first kappa shape index (κ1) is 20.7. The van der Waals surface area contributed by atoms with Gasteiger partial charge in [-0.2, -0.15) is 0 Å². The fourth-order valence-electron chi connectivity index (χ4n) is 4.42. The molecule has 1 aromatic heterocycles. The number of anilines is 1. The fraction of sp³-hybridized carbons (Fsp3) is 0.458. The molecule has 1 saturated heterocycles. The van der Waals surface area contributed by atoms with E-state index < -0.39 is 0 Å². The van der Waals surface area contributed by atoms with Gasteiger partial charge in [-0.25, -0.2) is 4.79 Å². The highest BCUT2D eigenvalue weighted by Gasteiger charge is 2.20. The highest BCUT2D eigenvalue weighted by molar-refractivity contribution is 5.76. The molecular formula is C24H32N4O2. The summed E-state index contributed by atoms with van der Waals surface area (Å²) in [7, 11) is 1.67. The van der Waals surface area contributed by atoms with Crippen molar-refractivity contribution in [2.24, 2.45) is 0 Å². The van der Waals surface area contributed by atoms with E-state index in [-0.39, 0.29) is 5.69 Å². The average molecular weight is 409 g/mol. The Morgan fingerprint density at radius 3 is 2.17 bits per heavy atom. The number of nitrogens with zero attached hydrogens (tertiary/aromatic N) is 4. The Hall–Kier alpha value is -2.57. The van der Waals surface area contributed by atoms with Crippen LogP contribution in [0.25, 0.3) is 11.0 Å². The van der Waals surface area contributed by atoms with Gasteiger partial charge in [-0.15, -0.1) is 0 Å². The molecule has 3 aromatic rings. The molecule has 1 aliphatic rings. The zero-order chi connectivity index (χ0) is 21.1. The van der Waals surface area contributed by atoms with Gasteiger partial charge >= 0.3 is 5.69 Å². The van der Waals surface area contributed by atoms with Crippen LogP contribution in [0.4, 0.5) is 5.69 Å². The molecule has 0 unspecified atom stereocenters. The number of aromatic nitrogens is 2. The van der Waals surface area contributed by atoms with E-state index >= 15 is 0 Å². The predicted molar refractivity (Wildman–Crippen MR) is 123 cm³/mol. The Morgan fingerprint density at radius 2 is 1.50 bits per heavy atom. The highest BCUT2D eigenvalue weighted by Crippen LogP contribution is 2.24. The largest absolute Gasteiger partial charge is 0.383 e. The van der Waals surface area contributed by atoms with Crippen LogP contribution < -0.4 is 10.6 Å². The first-order chi connectivity index (χ1) is 14.6. The normalized spacial score (nSPS) is 15.2. The lowest BCUT2D eigenvalue weighted by atomic mass is 10.1. The molecule has 4 rings (SSSR count). The number of piperazine rings is 1. The van der Waals surface area contributed by atoms with Crippen LogP contribution in [0.15, 0.2) is 47.3 Å². The van der Waals surface area contributed by atoms with Gasteiger partial charge in [0.25, 0.3) is 0 Å². The van der Waals surface area contributed by atoms with E-state index in [1.165, 1.54) is 16.8 Å². The number of aryl methyl sites for hydroxylation is 1. The van der Waals surface area contributed by atoms with Gasteiger partial charge in [-0.1, -0.05) is 24.3 Å². The van der Waals surface area contributed by atoms with Crippen LogP contribution in [0.2, 0.25) is 0 Å². The van der Waals surface area contributed by atoms with Crippen molar-refractivity contribution in [3.8, 4) is 0 Å². The summed E-state index contributed by atoms with van der Waals surface area (Å²) in [5.41, 5.74) is 6.13. The third kappa shape index (κ3) is 4.02. The van der Waals surface area contributed by atoms with Gasteiger partial charge in [-0.05, 0) is 43.2 Å². The number of fused-ring (bicyclic) bond motifs is 1. The predicted octanol–water partition coefficient (Wildman–Crippen LogP) is 2.89. The molecule has 2 aromatic carbocycles. The second-order valence-electron chi connectivity index (χ2n) is 8.12. The topological polar surface area (TPSA) is 42.6 Å². The van der Waals surface area contributed by atoms with Crippen molar-refractivity contribution in [2.45, 2.75) is 26.9 Å². The van der Waals surface area contributed by atoms with E-state index in [1.54, 1.807) is 7.11 Å². The van der Waals surface area contributed by atoms with Gasteiger partial charge in [0.05, 0.1) is 24.2 Å². The first-order valence-electron chi connectivity index (χ1n) is 10.8. The molecule has 0 radical (unpaired) electrons. The number of rotatable bonds is 7. The molecule has 0 spiro atoms. The second-order valence-corrected chi connectivity index (χ2v) is 8.12. The minimum absolute atomic E-state index is 0.0577. The molecule has 6 heteroatoms. The summed E-state index contributed by atoms with van der Waals surface area (Å²) < 4.78 is 8.94. The number of benzene rings is 2. The van der Waals surface area contributed by atoms with E-state index in [0.717, 1.165) is 43.8 Å². The molecule has 1 aliphatic heterocycles. The van der Waals surface area contributed by atoms with Crippen LogP contribution in [0.5, 0.6) is 0 Å². The third-order valence-electron chi connectivity index (χ3n) is 6.37. The summed E-state index contributed by atoms with van der Waals surface area (Å²) in [5.74, 6) is 0. The van der Waals surface area contributed by atoms with Crippen molar-refractivity contribution in [3.63, 3.8) is 0 Å². The summed E-state index contributed by atoms with van der Waals surface area (Å²) >= 11 is 0. The van der Waals surface area contributed by atoms with Crippen LogP contribution >= 0.6 is 0 Å². The van der Waals surface area contributed by atoms with E-state index in [0.29, 0.717) is 19.7 Å². The summed E-state index contributed by atoms with van der Waals surface area (Å²) in [6.07, 6.45) is 0. The molecule has 2 heterocycles. The standard InChI is InChI=1S/C24H32N4O2/c1-19-7-6-10-21(20(19)2)26-14-11-25(12-15-26)13-16-27-22-8-4-5-9-23(22)28(24(27)29)17-18-30-3/h4-10H,11-18H2,1-3H3. The minimum atomic E-state index is 0.0577. The molecule has 0 atom stereocenters. The Labute approximate surface area is 178 Å². The lowest BCUT2D eigenvalue weighted by molar-refractivity contribution is 0.187. The smallest absolute Gasteiger partial charge is 0.329 e. The van der Waals surface area contributed by atoms with Gasteiger partial charge < -0.3 is 9.64 Å². The van der Waals surface area contributed by atoms with E-state index in [9.17, 15) is 4.79 Å². The Balaban J connectivity index is 1.43. The maximum absolute atomic E-state index is 13.0. The van der Waals surface area contributed by atoms with Crippen molar-refractivity contribution < 1.29 is 4.74 Å². The molecule has 0 amide bonds. The molecule has 6 nitrogen and oxygen atoms in total. The highest BCUT2D eigenvalue weighted by atomic mass is 16.5.